The Bertz CT molecular complexity index is 480. The summed E-state index contributed by atoms with van der Waals surface area (Å²) in [4.78, 5) is 11.9. The SMILES string of the molecule is CCCNC(c1ccc2c(c1)C(=O)NCC2)C1CC1. The summed E-state index contributed by atoms with van der Waals surface area (Å²) in [5.41, 5.74) is 3.36. The smallest absolute Gasteiger partial charge is 0.251 e. The van der Waals surface area contributed by atoms with E-state index in [9.17, 15) is 4.79 Å². The molecular weight excluding hydrogens is 236 g/mol. The molecule has 0 radical (unpaired) electrons. The summed E-state index contributed by atoms with van der Waals surface area (Å²) in [5.74, 6) is 0.851. The maximum atomic E-state index is 11.9. The minimum atomic E-state index is 0.0909. The standard InChI is InChI=1S/C16H22N2O/c1-2-8-17-15(12-4-5-12)13-6-3-11-7-9-18-16(19)14(11)10-13/h3,6,10,12,15,17H,2,4-5,7-9H2,1H3,(H,18,19). The van der Waals surface area contributed by atoms with Crippen LogP contribution in [0.5, 0.6) is 0 Å². The third kappa shape index (κ3) is 2.66. The lowest BCUT2D eigenvalue weighted by atomic mass is 9.93. The topological polar surface area (TPSA) is 41.1 Å². The van der Waals surface area contributed by atoms with Crippen LogP contribution in [-0.2, 0) is 6.42 Å². The lowest BCUT2D eigenvalue weighted by molar-refractivity contribution is 0.0946. The second-order valence-electron chi connectivity index (χ2n) is 5.69. The van der Waals surface area contributed by atoms with Crippen LogP contribution in [-0.4, -0.2) is 19.0 Å². The lowest BCUT2D eigenvalue weighted by Crippen LogP contribution is -2.32. The van der Waals surface area contributed by atoms with Crippen molar-refractivity contribution in [2.75, 3.05) is 13.1 Å². The Kier molecular flexibility index (Phi) is 3.56. The van der Waals surface area contributed by atoms with Gasteiger partial charge in [0.15, 0.2) is 0 Å². The molecule has 3 nitrogen and oxygen atoms in total. The van der Waals surface area contributed by atoms with Gasteiger partial charge in [0.25, 0.3) is 5.91 Å². The minimum absolute atomic E-state index is 0.0909. The predicted octanol–water partition coefficient (Wildman–Crippen LogP) is 2.42. The Morgan fingerprint density at radius 1 is 1.42 bits per heavy atom. The van der Waals surface area contributed by atoms with Crippen LogP contribution in [0.25, 0.3) is 0 Å². The molecule has 3 heteroatoms. The Hall–Kier alpha value is -1.35. The van der Waals surface area contributed by atoms with Gasteiger partial charge in [-0.2, -0.15) is 0 Å². The van der Waals surface area contributed by atoms with Crippen molar-refractivity contribution in [1.29, 1.82) is 0 Å². The number of fused-ring (bicyclic) bond motifs is 1. The van der Waals surface area contributed by atoms with Crippen molar-refractivity contribution in [1.82, 2.24) is 10.6 Å². The first-order chi connectivity index (χ1) is 9.29. The van der Waals surface area contributed by atoms with E-state index in [2.05, 4.69) is 35.8 Å². The largest absolute Gasteiger partial charge is 0.352 e. The van der Waals surface area contributed by atoms with Gasteiger partial charge in [0.1, 0.15) is 0 Å². The molecule has 102 valence electrons. The highest BCUT2D eigenvalue weighted by Gasteiger charge is 2.32. The third-order valence-corrected chi connectivity index (χ3v) is 4.13. The molecule has 2 aliphatic rings. The number of carbonyl (C=O) groups is 1. The van der Waals surface area contributed by atoms with Gasteiger partial charge in [0, 0.05) is 18.2 Å². The molecular formula is C16H22N2O. The van der Waals surface area contributed by atoms with E-state index < -0.39 is 0 Å². The second-order valence-corrected chi connectivity index (χ2v) is 5.69. The number of benzene rings is 1. The minimum Gasteiger partial charge on any atom is -0.352 e. The Morgan fingerprint density at radius 3 is 3.00 bits per heavy atom. The van der Waals surface area contributed by atoms with E-state index in [1.54, 1.807) is 0 Å². The molecule has 1 heterocycles. The maximum absolute atomic E-state index is 11.9. The molecule has 0 bridgehead atoms. The summed E-state index contributed by atoms with van der Waals surface area (Å²) in [6.45, 7) is 4.01. The van der Waals surface area contributed by atoms with E-state index in [4.69, 9.17) is 0 Å². The average Bonchev–Trinajstić information content (AvgIpc) is 3.25. The number of rotatable bonds is 5. The van der Waals surface area contributed by atoms with Crippen LogP contribution < -0.4 is 10.6 Å². The van der Waals surface area contributed by atoms with Gasteiger partial charge in [0.05, 0.1) is 0 Å². The normalized spacial score (nSPS) is 19.7. The Balaban J connectivity index is 1.86. The van der Waals surface area contributed by atoms with E-state index in [1.807, 2.05) is 0 Å². The fourth-order valence-electron chi connectivity index (χ4n) is 2.91. The highest BCUT2D eigenvalue weighted by Crippen LogP contribution is 2.41. The van der Waals surface area contributed by atoms with Gasteiger partial charge in [0.2, 0.25) is 0 Å². The molecule has 1 aromatic rings. The molecule has 1 aromatic carbocycles. The summed E-state index contributed by atoms with van der Waals surface area (Å²) >= 11 is 0. The number of hydrogen-bond donors (Lipinski definition) is 2. The monoisotopic (exact) mass is 258 g/mol. The van der Waals surface area contributed by atoms with Crippen LogP contribution in [0.1, 0.15) is 53.7 Å². The zero-order valence-corrected chi connectivity index (χ0v) is 11.5. The molecule has 19 heavy (non-hydrogen) atoms. The van der Waals surface area contributed by atoms with Crippen LogP contribution in [0.2, 0.25) is 0 Å². The third-order valence-electron chi connectivity index (χ3n) is 4.13. The second kappa shape index (κ2) is 5.33. The number of nitrogens with one attached hydrogen (secondary N) is 2. The van der Waals surface area contributed by atoms with Crippen molar-refractivity contribution < 1.29 is 4.79 Å². The Morgan fingerprint density at radius 2 is 2.26 bits per heavy atom. The molecule has 1 aliphatic heterocycles. The molecule has 3 rings (SSSR count). The van der Waals surface area contributed by atoms with E-state index >= 15 is 0 Å². The molecule has 1 fully saturated rings. The van der Waals surface area contributed by atoms with E-state index in [-0.39, 0.29) is 5.91 Å². The molecule has 1 saturated carbocycles. The molecule has 2 N–H and O–H groups in total. The van der Waals surface area contributed by atoms with E-state index in [1.165, 1.54) is 24.0 Å². The average molecular weight is 258 g/mol. The van der Waals surface area contributed by atoms with Crippen molar-refractivity contribution in [3.05, 3.63) is 34.9 Å². The summed E-state index contributed by atoms with van der Waals surface area (Å²) in [6, 6.07) is 6.89. The first-order valence-electron chi connectivity index (χ1n) is 7.44. The number of hydrogen-bond acceptors (Lipinski definition) is 2. The molecule has 1 amide bonds. The highest BCUT2D eigenvalue weighted by molar-refractivity contribution is 5.96. The van der Waals surface area contributed by atoms with Crippen LogP contribution in [0.4, 0.5) is 0 Å². The molecule has 0 spiro atoms. The van der Waals surface area contributed by atoms with Gasteiger partial charge in [-0.25, -0.2) is 0 Å². The fourth-order valence-corrected chi connectivity index (χ4v) is 2.91. The molecule has 1 atom stereocenters. The summed E-state index contributed by atoms with van der Waals surface area (Å²) < 4.78 is 0. The number of carbonyl (C=O) groups excluding carboxylic acids is 1. The Labute approximate surface area is 114 Å². The van der Waals surface area contributed by atoms with Crippen LogP contribution >= 0.6 is 0 Å². The molecule has 0 saturated heterocycles. The summed E-state index contributed by atoms with van der Waals surface area (Å²) in [5, 5.41) is 6.57. The van der Waals surface area contributed by atoms with Crippen molar-refractivity contribution in [3.8, 4) is 0 Å². The van der Waals surface area contributed by atoms with Gasteiger partial charge in [-0.1, -0.05) is 19.1 Å². The van der Waals surface area contributed by atoms with Crippen molar-refractivity contribution in [3.63, 3.8) is 0 Å². The van der Waals surface area contributed by atoms with Crippen LogP contribution in [0.15, 0.2) is 18.2 Å². The van der Waals surface area contributed by atoms with Crippen molar-refractivity contribution in [2.24, 2.45) is 5.92 Å². The van der Waals surface area contributed by atoms with Gasteiger partial charge < -0.3 is 10.6 Å². The predicted molar refractivity (Wildman–Crippen MR) is 76.2 cm³/mol. The maximum Gasteiger partial charge on any atom is 0.251 e. The summed E-state index contributed by atoms with van der Waals surface area (Å²) in [6.07, 6.45) is 4.72. The van der Waals surface area contributed by atoms with Gasteiger partial charge in [-0.05, 0) is 55.3 Å². The zero-order valence-electron chi connectivity index (χ0n) is 11.5. The van der Waals surface area contributed by atoms with E-state index in [0.717, 1.165) is 37.4 Å². The molecule has 1 aliphatic carbocycles. The van der Waals surface area contributed by atoms with Gasteiger partial charge in [-0.15, -0.1) is 0 Å². The fraction of sp³-hybridized carbons (Fsp3) is 0.562. The van der Waals surface area contributed by atoms with Crippen molar-refractivity contribution >= 4 is 5.91 Å². The lowest BCUT2D eigenvalue weighted by Gasteiger charge is -2.22. The quantitative estimate of drug-likeness (QED) is 0.851. The first-order valence-corrected chi connectivity index (χ1v) is 7.44. The number of amides is 1. The van der Waals surface area contributed by atoms with Gasteiger partial charge >= 0.3 is 0 Å². The zero-order chi connectivity index (χ0) is 13.2. The highest BCUT2D eigenvalue weighted by atomic mass is 16.1. The van der Waals surface area contributed by atoms with Crippen molar-refractivity contribution in [2.45, 2.75) is 38.6 Å². The molecule has 0 aromatic heterocycles. The van der Waals surface area contributed by atoms with Crippen LogP contribution in [0, 0.1) is 5.92 Å². The first kappa shape index (κ1) is 12.7. The van der Waals surface area contributed by atoms with E-state index in [0.29, 0.717) is 6.04 Å². The van der Waals surface area contributed by atoms with Crippen LogP contribution in [0.3, 0.4) is 0 Å². The molecule has 1 unspecified atom stereocenters. The van der Waals surface area contributed by atoms with Gasteiger partial charge in [-0.3, -0.25) is 4.79 Å². The summed E-state index contributed by atoms with van der Waals surface area (Å²) in [7, 11) is 0.